The van der Waals surface area contributed by atoms with Crippen LogP contribution < -0.4 is 10.9 Å². The number of hydrogen-bond acceptors (Lipinski definition) is 3. The van der Waals surface area contributed by atoms with Gasteiger partial charge in [0, 0.05) is 25.4 Å². The third-order valence-corrected chi connectivity index (χ3v) is 3.58. The average molecular weight is 268 g/mol. The van der Waals surface area contributed by atoms with E-state index in [4.69, 9.17) is 0 Å². The number of nitrogens with zero attached hydrogens (tertiary/aromatic N) is 1. The molecule has 0 fully saturated rings. The molecule has 0 amide bonds. The van der Waals surface area contributed by atoms with Crippen molar-refractivity contribution in [3.63, 3.8) is 0 Å². The Labute approximate surface area is 114 Å². The molecule has 0 atom stereocenters. The van der Waals surface area contributed by atoms with Crippen molar-refractivity contribution in [2.24, 2.45) is 0 Å². The van der Waals surface area contributed by atoms with Crippen molar-refractivity contribution in [2.75, 3.05) is 25.1 Å². The minimum Gasteiger partial charge on any atom is -0.315 e. The lowest BCUT2D eigenvalue weighted by molar-refractivity contribution is 0.555. The minimum atomic E-state index is 0.0800. The zero-order valence-electron chi connectivity index (χ0n) is 11.2. The summed E-state index contributed by atoms with van der Waals surface area (Å²) < 4.78 is 1.74. The molecule has 102 valence electrons. The second-order valence-corrected chi connectivity index (χ2v) is 5.37. The molecule has 1 N–H and O–H groups in total. The molecule has 18 heavy (non-hydrogen) atoms. The summed E-state index contributed by atoms with van der Waals surface area (Å²) in [5.41, 5.74) is 0.0800. The van der Waals surface area contributed by atoms with E-state index in [9.17, 15) is 4.79 Å². The molecule has 0 saturated heterocycles. The van der Waals surface area contributed by atoms with Gasteiger partial charge in [0.15, 0.2) is 0 Å². The highest BCUT2D eigenvalue weighted by Crippen LogP contribution is 2.03. The fourth-order valence-electron chi connectivity index (χ4n) is 1.82. The van der Waals surface area contributed by atoms with Gasteiger partial charge >= 0.3 is 0 Å². The van der Waals surface area contributed by atoms with Crippen molar-refractivity contribution in [2.45, 2.75) is 32.2 Å². The highest BCUT2D eigenvalue weighted by molar-refractivity contribution is 7.98. The Hall–Kier alpha value is -0.740. The third-order valence-electron chi connectivity index (χ3n) is 2.88. The van der Waals surface area contributed by atoms with Crippen LogP contribution in [0.3, 0.4) is 0 Å². The molecule has 0 aliphatic carbocycles. The number of unbranched alkanes of at least 4 members (excludes halogenated alkanes) is 3. The van der Waals surface area contributed by atoms with Gasteiger partial charge in [-0.3, -0.25) is 4.79 Å². The maximum atomic E-state index is 11.4. The summed E-state index contributed by atoms with van der Waals surface area (Å²) in [5, 5.41) is 3.39. The van der Waals surface area contributed by atoms with Crippen LogP contribution in [0, 0.1) is 0 Å². The minimum absolute atomic E-state index is 0.0800. The van der Waals surface area contributed by atoms with Gasteiger partial charge in [0.2, 0.25) is 0 Å². The van der Waals surface area contributed by atoms with E-state index in [2.05, 4.69) is 11.6 Å². The third kappa shape index (κ3) is 6.87. The standard InChI is InChI=1S/C14H24N2OS/c1-18-13-7-3-2-5-9-15-10-12-16-11-6-4-8-14(16)17/h4,6,8,11,15H,2-3,5,7,9-10,12-13H2,1H3. The maximum Gasteiger partial charge on any atom is 0.250 e. The van der Waals surface area contributed by atoms with Crippen molar-refractivity contribution in [1.29, 1.82) is 0 Å². The van der Waals surface area contributed by atoms with Crippen LogP contribution in [0.15, 0.2) is 29.2 Å². The summed E-state index contributed by atoms with van der Waals surface area (Å²) in [6, 6.07) is 5.28. The van der Waals surface area contributed by atoms with Gasteiger partial charge in [-0.25, -0.2) is 0 Å². The summed E-state index contributed by atoms with van der Waals surface area (Å²) in [6.45, 7) is 2.68. The lowest BCUT2D eigenvalue weighted by Crippen LogP contribution is -2.26. The summed E-state index contributed by atoms with van der Waals surface area (Å²) >= 11 is 1.92. The first-order valence-electron chi connectivity index (χ1n) is 6.69. The van der Waals surface area contributed by atoms with E-state index in [-0.39, 0.29) is 5.56 Å². The van der Waals surface area contributed by atoms with E-state index in [0.717, 1.165) is 19.6 Å². The molecule has 0 aliphatic heterocycles. The molecular weight excluding hydrogens is 244 g/mol. The van der Waals surface area contributed by atoms with Gasteiger partial charge in [0.05, 0.1) is 0 Å². The van der Waals surface area contributed by atoms with Crippen LogP contribution in [0.25, 0.3) is 0 Å². The monoisotopic (exact) mass is 268 g/mol. The Bertz CT molecular complexity index is 365. The van der Waals surface area contributed by atoms with Crippen LogP contribution in [0.5, 0.6) is 0 Å². The Morgan fingerprint density at radius 1 is 1.17 bits per heavy atom. The second kappa shape index (κ2) is 10.2. The number of hydrogen-bond donors (Lipinski definition) is 1. The summed E-state index contributed by atoms with van der Waals surface area (Å²) in [5.74, 6) is 1.28. The molecule has 4 heteroatoms. The van der Waals surface area contributed by atoms with E-state index in [0.29, 0.717) is 0 Å². The van der Waals surface area contributed by atoms with E-state index >= 15 is 0 Å². The summed E-state index contributed by atoms with van der Waals surface area (Å²) in [4.78, 5) is 11.4. The molecule has 0 unspecified atom stereocenters. The molecule has 0 bridgehead atoms. The first kappa shape index (κ1) is 15.3. The van der Waals surface area contributed by atoms with Gasteiger partial charge in [0.1, 0.15) is 0 Å². The highest BCUT2D eigenvalue weighted by Gasteiger charge is 1.94. The van der Waals surface area contributed by atoms with Crippen molar-refractivity contribution < 1.29 is 0 Å². The molecule has 0 aliphatic rings. The molecule has 0 spiro atoms. The molecule has 1 aromatic heterocycles. The molecular formula is C14H24N2OS. The number of aromatic nitrogens is 1. The topological polar surface area (TPSA) is 34.0 Å². The first-order valence-corrected chi connectivity index (χ1v) is 8.09. The van der Waals surface area contributed by atoms with Gasteiger partial charge in [-0.2, -0.15) is 11.8 Å². The van der Waals surface area contributed by atoms with Crippen LogP contribution in [0.4, 0.5) is 0 Å². The molecule has 0 aromatic carbocycles. The normalized spacial score (nSPS) is 10.7. The number of nitrogens with one attached hydrogen (secondary N) is 1. The number of thioether (sulfide) groups is 1. The number of rotatable bonds is 10. The van der Waals surface area contributed by atoms with Gasteiger partial charge in [-0.1, -0.05) is 18.9 Å². The van der Waals surface area contributed by atoms with Gasteiger partial charge in [0.25, 0.3) is 5.56 Å². The lowest BCUT2D eigenvalue weighted by atomic mass is 10.2. The molecule has 1 rings (SSSR count). The Morgan fingerprint density at radius 3 is 2.78 bits per heavy atom. The van der Waals surface area contributed by atoms with Crippen molar-refractivity contribution in [3.05, 3.63) is 34.7 Å². The summed E-state index contributed by atoms with van der Waals surface area (Å²) in [6.07, 6.45) is 9.21. The highest BCUT2D eigenvalue weighted by atomic mass is 32.2. The molecule has 0 saturated carbocycles. The Morgan fingerprint density at radius 2 is 2.00 bits per heavy atom. The zero-order valence-corrected chi connectivity index (χ0v) is 12.0. The largest absolute Gasteiger partial charge is 0.315 e. The van der Waals surface area contributed by atoms with Crippen molar-refractivity contribution >= 4 is 11.8 Å². The Kier molecular flexibility index (Phi) is 8.69. The molecule has 3 nitrogen and oxygen atoms in total. The summed E-state index contributed by atoms with van der Waals surface area (Å²) in [7, 11) is 0. The maximum absolute atomic E-state index is 11.4. The van der Waals surface area contributed by atoms with Gasteiger partial charge in [-0.15, -0.1) is 0 Å². The predicted octanol–water partition coefficient (Wildman–Crippen LogP) is 2.36. The van der Waals surface area contributed by atoms with Crippen LogP contribution >= 0.6 is 11.8 Å². The second-order valence-electron chi connectivity index (χ2n) is 4.39. The molecule has 1 aromatic rings. The smallest absolute Gasteiger partial charge is 0.250 e. The fraction of sp³-hybridized carbons (Fsp3) is 0.643. The van der Waals surface area contributed by atoms with Crippen molar-refractivity contribution in [3.8, 4) is 0 Å². The first-order chi connectivity index (χ1) is 8.84. The van der Waals surface area contributed by atoms with Crippen LogP contribution in [0.1, 0.15) is 25.7 Å². The van der Waals surface area contributed by atoms with Crippen LogP contribution in [-0.4, -0.2) is 29.7 Å². The van der Waals surface area contributed by atoms with Crippen LogP contribution in [0.2, 0.25) is 0 Å². The lowest BCUT2D eigenvalue weighted by Gasteiger charge is -2.06. The fourth-order valence-corrected chi connectivity index (χ4v) is 2.31. The van der Waals surface area contributed by atoms with Crippen LogP contribution in [-0.2, 0) is 6.54 Å². The Balaban J connectivity index is 1.96. The molecule has 1 heterocycles. The quantitative estimate of drug-likeness (QED) is 0.662. The average Bonchev–Trinajstić information content (AvgIpc) is 2.39. The number of pyridine rings is 1. The van der Waals surface area contributed by atoms with E-state index in [1.54, 1.807) is 16.7 Å². The predicted molar refractivity (Wildman–Crippen MR) is 80.4 cm³/mol. The molecule has 0 radical (unpaired) electrons. The van der Waals surface area contributed by atoms with Gasteiger partial charge in [-0.05, 0) is 37.5 Å². The van der Waals surface area contributed by atoms with Crippen molar-refractivity contribution in [1.82, 2.24) is 9.88 Å². The van der Waals surface area contributed by atoms with E-state index < -0.39 is 0 Å². The van der Waals surface area contributed by atoms with Gasteiger partial charge < -0.3 is 9.88 Å². The van der Waals surface area contributed by atoms with E-state index in [1.807, 2.05) is 24.0 Å². The van der Waals surface area contributed by atoms with E-state index in [1.165, 1.54) is 31.4 Å². The SMILES string of the molecule is CSCCCCCCNCCn1ccccc1=O. The zero-order chi connectivity index (χ0) is 13.1.